The van der Waals surface area contributed by atoms with Crippen molar-refractivity contribution < 1.29 is 14.6 Å². The molecule has 4 nitrogen and oxygen atoms in total. The van der Waals surface area contributed by atoms with Gasteiger partial charge in [0.2, 0.25) is 0 Å². The summed E-state index contributed by atoms with van der Waals surface area (Å²) in [6, 6.07) is 14.1. The Balaban J connectivity index is 0.00000184. The van der Waals surface area contributed by atoms with Crippen LogP contribution in [0, 0.1) is 17.1 Å². The number of hydrogen-bond donors (Lipinski definition) is 2. The van der Waals surface area contributed by atoms with Gasteiger partial charge >= 0.3 is 0 Å². The fourth-order valence-electron chi connectivity index (χ4n) is 3.13. The molecule has 2 rings (SSSR count). The minimum atomic E-state index is -0.252. The highest BCUT2D eigenvalue weighted by Gasteiger charge is 2.18. The van der Waals surface area contributed by atoms with E-state index in [4.69, 9.17) is 10.4 Å². The Hall–Kier alpha value is -2.26. The van der Waals surface area contributed by atoms with Gasteiger partial charge in [0.05, 0.1) is 18.2 Å². The van der Waals surface area contributed by atoms with Gasteiger partial charge in [-0.1, -0.05) is 38.5 Å². The molecule has 0 aliphatic carbocycles. The van der Waals surface area contributed by atoms with Crippen LogP contribution in [-0.2, 0) is 6.61 Å². The second-order valence-electron chi connectivity index (χ2n) is 6.59. The van der Waals surface area contributed by atoms with Gasteiger partial charge in [0.25, 0.3) is 0 Å². The smallest absolute Gasteiger partial charge is 0.123 e. The Morgan fingerprint density at radius 1 is 1.03 bits per heavy atom. The predicted octanol–water partition coefficient (Wildman–Crippen LogP) is 4.69. The topological polar surface area (TPSA) is 67.5 Å². The van der Waals surface area contributed by atoms with Crippen molar-refractivity contribution in [2.75, 3.05) is 27.7 Å². The summed E-state index contributed by atoms with van der Waals surface area (Å²) >= 11 is 0. The molecule has 2 aromatic rings. The van der Waals surface area contributed by atoms with Crippen LogP contribution in [0.2, 0.25) is 0 Å². The second kappa shape index (κ2) is 15.6. The minimum absolute atomic E-state index is 0.0812. The Labute approximate surface area is 175 Å². The maximum absolute atomic E-state index is 13.3. The lowest BCUT2D eigenvalue weighted by Gasteiger charge is -2.21. The van der Waals surface area contributed by atoms with Gasteiger partial charge in [-0.15, -0.1) is 0 Å². The number of nitriles is 1. The Morgan fingerprint density at radius 2 is 1.66 bits per heavy atom. The molecule has 0 aliphatic rings. The molecule has 0 bridgehead atoms. The van der Waals surface area contributed by atoms with E-state index in [-0.39, 0.29) is 18.3 Å². The normalized spacial score (nSPS) is 10.9. The number of aliphatic hydroxyl groups is 2. The third-order valence-corrected chi connectivity index (χ3v) is 4.44. The van der Waals surface area contributed by atoms with E-state index in [9.17, 15) is 9.50 Å². The molecule has 2 aromatic carbocycles. The van der Waals surface area contributed by atoms with Gasteiger partial charge in [-0.3, -0.25) is 0 Å². The molecule has 0 saturated carbocycles. The van der Waals surface area contributed by atoms with Gasteiger partial charge in [0, 0.05) is 13.0 Å². The van der Waals surface area contributed by atoms with Crippen LogP contribution in [0.15, 0.2) is 42.5 Å². The summed E-state index contributed by atoms with van der Waals surface area (Å²) in [7, 11) is 5.11. The van der Waals surface area contributed by atoms with Crippen molar-refractivity contribution in [3.63, 3.8) is 0 Å². The summed E-state index contributed by atoms with van der Waals surface area (Å²) in [6.45, 7) is 4.91. The van der Waals surface area contributed by atoms with Gasteiger partial charge in [0.1, 0.15) is 5.82 Å². The highest BCUT2D eigenvalue weighted by Crippen LogP contribution is 2.33. The molecule has 1 unspecified atom stereocenters. The summed E-state index contributed by atoms with van der Waals surface area (Å²) in [6.07, 6.45) is 3.03. The number of unbranched alkanes of at least 4 members (excludes halogenated alkanes) is 1. The first kappa shape index (κ1) is 26.7. The molecule has 0 heterocycles. The molecule has 0 aromatic heterocycles. The van der Waals surface area contributed by atoms with E-state index in [1.54, 1.807) is 12.1 Å². The Bertz CT molecular complexity index is 725. The van der Waals surface area contributed by atoms with Crippen molar-refractivity contribution in [3.05, 3.63) is 70.5 Å². The average molecular weight is 403 g/mol. The molecule has 29 heavy (non-hydrogen) atoms. The number of rotatable bonds is 8. The fourth-order valence-corrected chi connectivity index (χ4v) is 3.13. The molecule has 5 heteroatoms. The lowest BCUT2D eigenvalue weighted by Crippen LogP contribution is -2.13. The summed E-state index contributed by atoms with van der Waals surface area (Å²) < 4.78 is 13.3. The Kier molecular flexibility index (Phi) is 14.4. The van der Waals surface area contributed by atoms with Crippen LogP contribution in [0.1, 0.15) is 61.3 Å². The van der Waals surface area contributed by atoms with E-state index in [2.05, 4.69) is 25.1 Å². The molecule has 0 radical (unpaired) electrons. The molecule has 0 saturated heterocycles. The summed E-state index contributed by atoms with van der Waals surface area (Å²) in [5, 5.41) is 25.8. The second-order valence-corrected chi connectivity index (χ2v) is 6.59. The van der Waals surface area contributed by atoms with Crippen molar-refractivity contribution in [2.24, 2.45) is 0 Å². The summed E-state index contributed by atoms with van der Waals surface area (Å²) in [5.74, 6) is -0.171. The van der Waals surface area contributed by atoms with Crippen molar-refractivity contribution in [1.82, 2.24) is 4.90 Å². The maximum atomic E-state index is 13.3. The van der Waals surface area contributed by atoms with Crippen LogP contribution in [0.4, 0.5) is 4.39 Å². The van der Waals surface area contributed by atoms with E-state index < -0.39 is 0 Å². The standard InChI is InChI=1S/C21H25FN2O.C2H6.CH4O/c1-24(2)12-4-3-5-20(17-7-9-19(22)10-8-17)21-11-6-16(14-23)13-18(21)15-25;2*1-2/h6-11,13,20,25H,3-5,12,15H2,1-2H3;1-2H3;2H,1H3. The first-order valence-electron chi connectivity index (χ1n) is 10.0. The van der Waals surface area contributed by atoms with Crippen LogP contribution >= 0.6 is 0 Å². The number of benzene rings is 2. The number of halogens is 1. The summed E-state index contributed by atoms with van der Waals surface area (Å²) in [5.41, 5.74) is 3.35. The fraction of sp³-hybridized carbons (Fsp3) is 0.458. The number of nitrogens with zero attached hydrogens (tertiary/aromatic N) is 2. The largest absolute Gasteiger partial charge is 0.400 e. The molecule has 160 valence electrons. The van der Waals surface area contributed by atoms with Gasteiger partial charge in [-0.25, -0.2) is 4.39 Å². The highest BCUT2D eigenvalue weighted by molar-refractivity contribution is 5.43. The van der Waals surface area contributed by atoms with Crippen molar-refractivity contribution in [2.45, 2.75) is 45.6 Å². The van der Waals surface area contributed by atoms with Crippen molar-refractivity contribution in [1.29, 1.82) is 5.26 Å². The van der Waals surface area contributed by atoms with Crippen LogP contribution < -0.4 is 0 Å². The summed E-state index contributed by atoms with van der Waals surface area (Å²) in [4.78, 5) is 2.16. The molecule has 0 fully saturated rings. The van der Waals surface area contributed by atoms with Crippen LogP contribution in [0.5, 0.6) is 0 Å². The molecule has 0 spiro atoms. The maximum Gasteiger partial charge on any atom is 0.123 e. The quantitative estimate of drug-likeness (QED) is 0.629. The van der Waals surface area contributed by atoms with E-state index in [0.29, 0.717) is 5.56 Å². The average Bonchev–Trinajstić information content (AvgIpc) is 2.77. The van der Waals surface area contributed by atoms with E-state index >= 15 is 0 Å². The zero-order valence-electron chi connectivity index (χ0n) is 18.3. The molecular weight excluding hydrogens is 367 g/mol. The Morgan fingerprint density at radius 3 is 2.17 bits per heavy atom. The number of aliphatic hydroxyl groups excluding tert-OH is 2. The van der Waals surface area contributed by atoms with Crippen molar-refractivity contribution in [3.8, 4) is 6.07 Å². The first-order chi connectivity index (χ1) is 14.0. The molecule has 0 amide bonds. The van der Waals surface area contributed by atoms with Crippen molar-refractivity contribution >= 4 is 0 Å². The molecule has 2 N–H and O–H groups in total. The van der Waals surface area contributed by atoms with Crippen LogP contribution in [0.3, 0.4) is 0 Å². The van der Waals surface area contributed by atoms with Gasteiger partial charge < -0.3 is 15.1 Å². The molecule has 1 atom stereocenters. The van der Waals surface area contributed by atoms with Crippen LogP contribution in [0.25, 0.3) is 0 Å². The van der Waals surface area contributed by atoms with E-state index in [1.165, 1.54) is 12.1 Å². The third kappa shape index (κ3) is 9.19. The van der Waals surface area contributed by atoms with Gasteiger partial charge in [0.15, 0.2) is 0 Å². The highest BCUT2D eigenvalue weighted by atomic mass is 19.1. The lowest BCUT2D eigenvalue weighted by atomic mass is 9.84. The zero-order valence-corrected chi connectivity index (χ0v) is 18.3. The zero-order chi connectivity index (χ0) is 22.2. The SMILES string of the molecule is CC.CN(C)CCCCC(c1ccc(F)cc1)c1ccc(C#N)cc1CO.CO. The predicted molar refractivity (Wildman–Crippen MR) is 117 cm³/mol. The number of hydrogen-bond acceptors (Lipinski definition) is 4. The molecule has 0 aliphatic heterocycles. The lowest BCUT2D eigenvalue weighted by molar-refractivity contribution is 0.280. The minimum Gasteiger partial charge on any atom is -0.400 e. The van der Waals surface area contributed by atoms with Crippen LogP contribution in [-0.4, -0.2) is 42.9 Å². The monoisotopic (exact) mass is 402 g/mol. The van der Waals surface area contributed by atoms with Gasteiger partial charge in [-0.2, -0.15) is 5.26 Å². The molecular formula is C24H35FN2O2. The third-order valence-electron chi connectivity index (χ3n) is 4.44. The van der Waals surface area contributed by atoms with E-state index in [0.717, 1.165) is 49.6 Å². The first-order valence-corrected chi connectivity index (χ1v) is 10.0. The van der Waals surface area contributed by atoms with E-state index in [1.807, 2.05) is 32.0 Å². The van der Waals surface area contributed by atoms with Gasteiger partial charge in [-0.05, 0) is 74.4 Å².